The van der Waals surface area contributed by atoms with Gasteiger partial charge < -0.3 is 20.8 Å². The number of hydrogen-bond donors (Lipinski definition) is 3. The third-order valence-corrected chi connectivity index (χ3v) is 7.61. The molecule has 2 aromatic carbocycles. The summed E-state index contributed by atoms with van der Waals surface area (Å²) < 4.78 is 6.19. The molecule has 0 unspecified atom stereocenters. The smallest absolute Gasteiger partial charge is 0.263 e. The van der Waals surface area contributed by atoms with Crippen LogP contribution in [0.2, 0.25) is 5.02 Å². The maximum Gasteiger partial charge on any atom is 0.263 e. The van der Waals surface area contributed by atoms with Gasteiger partial charge in [0.2, 0.25) is 0 Å². The highest BCUT2D eigenvalue weighted by Crippen LogP contribution is 2.42. The monoisotopic (exact) mass is 594 g/mol. The molecule has 0 fully saturated rings. The molecule has 186 valence electrons. The Morgan fingerprint density at radius 3 is 2.49 bits per heavy atom. The summed E-state index contributed by atoms with van der Waals surface area (Å²) >= 11 is 10.6. The van der Waals surface area contributed by atoms with E-state index in [1.165, 1.54) is 11.3 Å². The lowest BCUT2D eigenvalue weighted by Gasteiger charge is -2.15. The first kappa shape index (κ1) is 25.0. The number of nitrogens with zero attached hydrogens (tertiary/aromatic N) is 1. The fraction of sp³-hybridized carbons (Fsp3) is 0.0741. The first-order valence-electron chi connectivity index (χ1n) is 11.2. The van der Waals surface area contributed by atoms with Crippen LogP contribution in [0.3, 0.4) is 0 Å². The Morgan fingerprint density at radius 1 is 1.08 bits per heavy atom. The second-order valence-corrected chi connectivity index (χ2v) is 10.6. The van der Waals surface area contributed by atoms with Gasteiger partial charge in [0.15, 0.2) is 0 Å². The molecule has 5 aromatic rings. The first-order chi connectivity index (χ1) is 17.8. The lowest BCUT2D eigenvalue weighted by Crippen LogP contribution is -2.22. The van der Waals surface area contributed by atoms with Gasteiger partial charge in [-0.05, 0) is 61.0 Å². The van der Waals surface area contributed by atoms with Gasteiger partial charge in [0.1, 0.15) is 15.5 Å². The van der Waals surface area contributed by atoms with Crippen LogP contribution in [0, 0.1) is 6.92 Å². The standard InChI is InChI=1S/C27H20BrClN4O3S/c1-14-20(25(34)33-18-10-8-17(29)9-11-18)21(15-4-6-16(28)7-5-15)22-23(30)24(37-27(22)32-14)26(35)31-13-19-3-2-12-36-19/h2-12H,13,30H2,1H3,(H,31,35)(H,33,34). The van der Waals surface area contributed by atoms with Crippen LogP contribution in [-0.4, -0.2) is 16.8 Å². The molecule has 2 amide bonds. The number of hydrogen-bond acceptors (Lipinski definition) is 6. The van der Waals surface area contributed by atoms with Crippen molar-refractivity contribution in [1.29, 1.82) is 0 Å². The van der Waals surface area contributed by atoms with E-state index in [0.717, 1.165) is 10.0 Å². The predicted octanol–water partition coefficient (Wildman–Crippen LogP) is 7.05. The molecule has 3 heterocycles. The summed E-state index contributed by atoms with van der Waals surface area (Å²) in [4.78, 5) is 32.2. The number of nitrogen functional groups attached to an aromatic ring is 1. The number of amides is 2. The van der Waals surface area contributed by atoms with E-state index >= 15 is 0 Å². The maximum absolute atomic E-state index is 13.6. The summed E-state index contributed by atoms with van der Waals surface area (Å²) in [6.07, 6.45) is 1.54. The zero-order valence-corrected chi connectivity index (χ0v) is 22.6. The largest absolute Gasteiger partial charge is 0.467 e. The van der Waals surface area contributed by atoms with Crippen LogP contribution in [0.15, 0.2) is 75.8 Å². The predicted molar refractivity (Wildman–Crippen MR) is 151 cm³/mol. The fourth-order valence-electron chi connectivity index (χ4n) is 4.01. The highest BCUT2D eigenvalue weighted by Gasteiger charge is 2.26. The van der Waals surface area contributed by atoms with Gasteiger partial charge in [-0.15, -0.1) is 11.3 Å². The molecule has 7 nitrogen and oxygen atoms in total. The van der Waals surface area contributed by atoms with E-state index in [4.69, 9.17) is 21.8 Å². The molecule has 10 heteroatoms. The summed E-state index contributed by atoms with van der Waals surface area (Å²) in [5.74, 6) is -0.0660. The summed E-state index contributed by atoms with van der Waals surface area (Å²) in [7, 11) is 0. The van der Waals surface area contributed by atoms with Crippen LogP contribution in [0.5, 0.6) is 0 Å². The quantitative estimate of drug-likeness (QED) is 0.195. The Hall–Kier alpha value is -3.66. The van der Waals surface area contributed by atoms with E-state index in [1.807, 2.05) is 24.3 Å². The van der Waals surface area contributed by atoms with Crippen molar-refractivity contribution in [3.63, 3.8) is 0 Å². The number of pyridine rings is 1. The van der Waals surface area contributed by atoms with Crippen LogP contribution < -0.4 is 16.4 Å². The Morgan fingerprint density at radius 2 is 1.81 bits per heavy atom. The number of thiophene rings is 1. The topological polar surface area (TPSA) is 110 Å². The number of rotatable bonds is 6. The Labute approximate surface area is 229 Å². The number of halogens is 2. The number of benzene rings is 2. The molecule has 37 heavy (non-hydrogen) atoms. The first-order valence-corrected chi connectivity index (χ1v) is 13.2. The summed E-state index contributed by atoms with van der Waals surface area (Å²) in [5, 5.41) is 6.88. The normalized spacial score (nSPS) is 11.0. The molecule has 0 aliphatic heterocycles. The van der Waals surface area contributed by atoms with Crippen LogP contribution >= 0.6 is 38.9 Å². The highest BCUT2D eigenvalue weighted by atomic mass is 79.9. The lowest BCUT2D eigenvalue weighted by molar-refractivity contribution is 0.0952. The molecule has 0 aliphatic rings. The average Bonchev–Trinajstić information content (AvgIpc) is 3.51. The van der Waals surface area contributed by atoms with E-state index < -0.39 is 0 Å². The number of nitrogens with two attached hydrogens (primary N) is 1. The van der Waals surface area contributed by atoms with Gasteiger partial charge >= 0.3 is 0 Å². The maximum atomic E-state index is 13.6. The van der Waals surface area contributed by atoms with Gasteiger partial charge in [-0.2, -0.15) is 0 Å². The molecular weight excluding hydrogens is 576 g/mol. The van der Waals surface area contributed by atoms with Crippen molar-refractivity contribution in [1.82, 2.24) is 10.3 Å². The minimum absolute atomic E-state index is 0.223. The molecule has 0 saturated carbocycles. The number of carbonyl (C=O) groups is 2. The van der Waals surface area contributed by atoms with Crippen molar-refractivity contribution in [3.05, 3.63) is 98.3 Å². The van der Waals surface area contributed by atoms with E-state index in [-0.39, 0.29) is 24.0 Å². The van der Waals surface area contributed by atoms with E-state index in [0.29, 0.717) is 48.4 Å². The molecule has 5 rings (SSSR count). The van der Waals surface area contributed by atoms with Gasteiger partial charge in [-0.1, -0.05) is 39.7 Å². The number of furan rings is 1. The zero-order chi connectivity index (χ0) is 26.1. The SMILES string of the molecule is Cc1nc2sc(C(=O)NCc3ccco3)c(N)c2c(-c2ccc(Br)cc2)c1C(=O)Nc1ccc(Cl)cc1. The molecule has 0 aliphatic carbocycles. The summed E-state index contributed by atoms with van der Waals surface area (Å²) in [5.41, 5.74) is 9.70. The second kappa shape index (κ2) is 10.4. The van der Waals surface area contributed by atoms with Crippen LogP contribution in [0.25, 0.3) is 21.3 Å². The molecule has 0 bridgehead atoms. The van der Waals surface area contributed by atoms with Gasteiger partial charge in [-0.25, -0.2) is 4.98 Å². The third-order valence-electron chi connectivity index (χ3n) is 5.73. The lowest BCUT2D eigenvalue weighted by atomic mass is 9.94. The van der Waals surface area contributed by atoms with Crippen molar-refractivity contribution in [2.24, 2.45) is 0 Å². The van der Waals surface area contributed by atoms with E-state index in [9.17, 15) is 9.59 Å². The molecule has 4 N–H and O–H groups in total. The number of aromatic nitrogens is 1. The molecular formula is C27H20BrClN4O3S. The number of anilines is 2. The molecule has 0 radical (unpaired) electrons. The number of fused-ring (bicyclic) bond motifs is 1. The van der Waals surface area contributed by atoms with E-state index in [2.05, 4.69) is 31.5 Å². The molecule has 0 spiro atoms. The van der Waals surface area contributed by atoms with Gasteiger partial charge in [0, 0.05) is 26.1 Å². The molecule has 0 saturated heterocycles. The summed E-state index contributed by atoms with van der Waals surface area (Å²) in [6, 6.07) is 17.9. The second-order valence-electron chi connectivity index (χ2n) is 8.20. The highest BCUT2D eigenvalue weighted by molar-refractivity contribution is 9.10. The van der Waals surface area contributed by atoms with Crippen LogP contribution in [0.1, 0.15) is 31.5 Å². The number of aryl methyl sites for hydroxylation is 1. The van der Waals surface area contributed by atoms with Gasteiger partial charge in [0.05, 0.1) is 29.8 Å². The minimum Gasteiger partial charge on any atom is -0.467 e. The Kier molecular flexibility index (Phi) is 7.01. The van der Waals surface area contributed by atoms with Crippen LogP contribution in [0.4, 0.5) is 11.4 Å². The summed E-state index contributed by atoms with van der Waals surface area (Å²) in [6.45, 7) is 1.99. The van der Waals surface area contributed by atoms with Crippen molar-refractivity contribution in [2.45, 2.75) is 13.5 Å². The molecule has 0 atom stereocenters. The van der Waals surface area contributed by atoms with Crippen molar-refractivity contribution in [3.8, 4) is 11.1 Å². The number of carbonyl (C=O) groups excluding carboxylic acids is 2. The molecule has 3 aromatic heterocycles. The Balaban J connectivity index is 1.63. The minimum atomic E-state index is -0.346. The van der Waals surface area contributed by atoms with Crippen molar-refractivity contribution in [2.75, 3.05) is 11.1 Å². The van der Waals surface area contributed by atoms with Crippen molar-refractivity contribution < 1.29 is 14.0 Å². The van der Waals surface area contributed by atoms with Gasteiger partial charge in [-0.3, -0.25) is 9.59 Å². The van der Waals surface area contributed by atoms with Crippen LogP contribution in [-0.2, 0) is 6.54 Å². The Bertz CT molecular complexity index is 1610. The average molecular weight is 596 g/mol. The third kappa shape index (κ3) is 5.11. The van der Waals surface area contributed by atoms with Gasteiger partial charge in [0.25, 0.3) is 11.8 Å². The van der Waals surface area contributed by atoms with E-state index in [1.54, 1.807) is 49.6 Å². The zero-order valence-electron chi connectivity index (χ0n) is 19.5. The fourth-order valence-corrected chi connectivity index (χ4v) is 5.46. The van der Waals surface area contributed by atoms with Crippen molar-refractivity contribution >= 4 is 72.3 Å². The number of nitrogens with one attached hydrogen (secondary N) is 2.